The number of sulfonamides is 1. The van der Waals surface area contributed by atoms with E-state index in [0.29, 0.717) is 37.1 Å². The van der Waals surface area contributed by atoms with E-state index in [-0.39, 0.29) is 4.90 Å². The number of anilines is 2. The fourth-order valence-electron chi connectivity index (χ4n) is 3.39. The standard InChI is InChI=1S/C20H22ClN5O2S/c1-2-22-19-17-5-3-4-6-18(17)23-20(24-19)25-11-13-26(14-12-25)29(27,28)16-9-7-15(21)8-10-16/h3-10H,2,11-14H2,1H3,(H,22,23,24). The molecule has 2 aromatic carbocycles. The highest BCUT2D eigenvalue weighted by atomic mass is 35.5. The van der Waals surface area contributed by atoms with Crippen LogP contribution in [0.3, 0.4) is 0 Å². The third-order valence-corrected chi connectivity index (χ3v) is 7.07. The average molecular weight is 432 g/mol. The molecule has 3 aromatic rings. The molecule has 0 atom stereocenters. The van der Waals surface area contributed by atoms with Crippen LogP contribution in [0.15, 0.2) is 53.4 Å². The second-order valence-electron chi connectivity index (χ2n) is 6.76. The number of fused-ring (bicyclic) bond motifs is 1. The molecule has 0 bridgehead atoms. The van der Waals surface area contributed by atoms with E-state index < -0.39 is 10.0 Å². The summed E-state index contributed by atoms with van der Waals surface area (Å²) in [6, 6.07) is 14.1. The Labute approximate surface area is 175 Å². The van der Waals surface area contributed by atoms with Crippen molar-refractivity contribution < 1.29 is 8.42 Å². The van der Waals surface area contributed by atoms with Gasteiger partial charge in [-0.2, -0.15) is 9.29 Å². The summed E-state index contributed by atoms with van der Waals surface area (Å²) in [6.07, 6.45) is 0. The van der Waals surface area contributed by atoms with Crippen molar-refractivity contribution in [2.45, 2.75) is 11.8 Å². The monoisotopic (exact) mass is 431 g/mol. The van der Waals surface area contributed by atoms with Crippen molar-refractivity contribution in [3.63, 3.8) is 0 Å². The number of nitrogens with zero attached hydrogens (tertiary/aromatic N) is 4. The van der Waals surface area contributed by atoms with E-state index in [1.165, 1.54) is 4.31 Å². The number of rotatable bonds is 5. The molecule has 0 aliphatic carbocycles. The van der Waals surface area contributed by atoms with E-state index in [9.17, 15) is 8.42 Å². The van der Waals surface area contributed by atoms with Gasteiger partial charge in [-0.25, -0.2) is 13.4 Å². The van der Waals surface area contributed by atoms with Gasteiger partial charge in [-0.3, -0.25) is 0 Å². The summed E-state index contributed by atoms with van der Waals surface area (Å²) in [5, 5.41) is 4.78. The Hall–Kier alpha value is -2.42. The lowest BCUT2D eigenvalue weighted by molar-refractivity contribution is 0.382. The minimum Gasteiger partial charge on any atom is -0.370 e. The summed E-state index contributed by atoms with van der Waals surface area (Å²) >= 11 is 5.88. The van der Waals surface area contributed by atoms with Gasteiger partial charge in [0.1, 0.15) is 5.82 Å². The van der Waals surface area contributed by atoms with Gasteiger partial charge in [0, 0.05) is 43.1 Å². The first-order valence-corrected chi connectivity index (χ1v) is 11.3. The first kappa shape index (κ1) is 19.9. The maximum absolute atomic E-state index is 12.9. The Morgan fingerprint density at radius 2 is 1.69 bits per heavy atom. The van der Waals surface area contributed by atoms with Gasteiger partial charge in [0.25, 0.3) is 0 Å². The molecule has 2 heterocycles. The fraction of sp³-hybridized carbons (Fsp3) is 0.300. The zero-order chi connectivity index (χ0) is 20.4. The molecule has 4 rings (SSSR count). The second-order valence-corrected chi connectivity index (χ2v) is 9.14. The summed E-state index contributed by atoms with van der Waals surface area (Å²) in [5.74, 6) is 1.41. The van der Waals surface area contributed by atoms with Crippen LogP contribution >= 0.6 is 11.6 Å². The van der Waals surface area contributed by atoms with Crippen molar-refractivity contribution in [3.05, 3.63) is 53.6 Å². The molecule has 1 aliphatic rings. The molecule has 1 fully saturated rings. The molecule has 0 saturated carbocycles. The van der Waals surface area contributed by atoms with Crippen LogP contribution in [0.1, 0.15) is 6.92 Å². The lowest BCUT2D eigenvalue weighted by Crippen LogP contribution is -2.49. The van der Waals surface area contributed by atoms with Crippen molar-refractivity contribution in [1.82, 2.24) is 14.3 Å². The van der Waals surface area contributed by atoms with Crippen LogP contribution in [0.2, 0.25) is 5.02 Å². The molecule has 1 aromatic heterocycles. The van der Waals surface area contributed by atoms with Crippen LogP contribution in [-0.2, 0) is 10.0 Å². The summed E-state index contributed by atoms with van der Waals surface area (Å²) in [6.45, 7) is 4.58. The molecule has 0 amide bonds. The van der Waals surface area contributed by atoms with E-state index >= 15 is 0 Å². The molecule has 1 saturated heterocycles. The maximum Gasteiger partial charge on any atom is 0.243 e. The number of hydrogen-bond donors (Lipinski definition) is 1. The van der Waals surface area contributed by atoms with Crippen LogP contribution in [0, 0.1) is 0 Å². The normalized spacial score (nSPS) is 15.6. The Kier molecular flexibility index (Phi) is 5.58. The third kappa shape index (κ3) is 4.01. The molecule has 29 heavy (non-hydrogen) atoms. The maximum atomic E-state index is 12.9. The lowest BCUT2D eigenvalue weighted by atomic mass is 10.2. The summed E-state index contributed by atoms with van der Waals surface area (Å²) in [5.41, 5.74) is 0.865. The van der Waals surface area contributed by atoms with Gasteiger partial charge >= 0.3 is 0 Å². The Morgan fingerprint density at radius 1 is 1.00 bits per heavy atom. The highest BCUT2D eigenvalue weighted by molar-refractivity contribution is 7.89. The molecule has 7 nitrogen and oxygen atoms in total. The number of hydrogen-bond acceptors (Lipinski definition) is 6. The summed E-state index contributed by atoms with van der Waals surface area (Å²) < 4.78 is 27.3. The minimum atomic E-state index is -3.54. The number of piperazine rings is 1. The van der Waals surface area contributed by atoms with E-state index in [1.54, 1.807) is 24.3 Å². The summed E-state index contributed by atoms with van der Waals surface area (Å²) in [4.78, 5) is 11.7. The number of benzene rings is 2. The predicted octanol–water partition coefficient (Wildman–Crippen LogP) is 3.23. The topological polar surface area (TPSA) is 78.4 Å². The van der Waals surface area contributed by atoms with Gasteiger partial charge < -0.3 is 10.2 Å². The van der Waals surface area contributed by atoms with Crippen molar-refractivity contribution in [1.29, 1.82) is 0 Å². The zero-order valence-electron chi connectivity index (χ0n) is 16.0. The molecule has 0 spiro atoms. The van der Waals surface area contributed by atoms with Crippen molar-refractivity contribution >= 4 is 44.3 Å². The number of aromatic nitrogens is 2. The van der Waals surface area contributed by atoms with E-state index in [0.717, 1.165) is 23.3 Å². The van der Waals surface area contributed by atoms with E-state index in [4.69, 9.17) is 16.6 Å². The molecule has 0 unspecified atom stereocenters. The number of halogens is 1. The van der Waals surface area contributed by atoms with Crippen molar-refractivity contribution in [2.75, 3.05) is 42.9 Å². The highest BCUT2D eigenvalue weighted by Gasteiger charge is 2.29. The van der Waals surface area contributed by atoms with Gasteiger partial charge in [0.05, 0.1) is 10.4 Å². The number of para-hydroxylation sites is 1. The van der Waals surface area contributed by atoms with Gasteiger partial charge in [-0.15, -0.1) is 0 Å². The quantitative estimate of drug-likeness (QED) is 0.668. The molecule has 0 radical (unpaired) electrons. The van der Waals surface area contributed by atoms with Crippen LogP contribution in [0.5, 0.6) is 0 Å². The minimum absolute atomic E-state index is 0.256. The predicted molar refractivity (Wildman–Crippen MR) is 116 cm³/mol. The van der Waals surface area contributed by atoms with Crippen LogP contribution in [0.4, 0.5) is 11.8 Å². The highest BCUT2D eigenvalue weighted by Crippen LogP contribution is 2.25. The Bertz CT molecular complexity index is 1110. The number of nitrogens with one attached hydrogen (secondary N) is 1. The second kappa shape index (κ2) is 8.14. The smallest absolute Gasteiger partial charge is 0.243 e. The first-order valence-electron chi connectivity index (χ1n) is 9.50. The van der Waals surface area contributed by atoms with Gasteiger partial charge in [0.15, 0.2) is 0 Å². The SMILES string of the molecule is CCNc1nc(N2CCN(S(=O)(=O)c3ccc(Cl)cc3)CC2)nc2ccccc12. The molecule has 9 heteroatoms. The Balaban J connectivity index is 1.54. The fourth-order valence-corrected chi connectivity index (χ4v) is 4.94. The Morgan fingerprint density at radius 3 is 2.38 bits per heavy atom. The molecule has 152 valence electrons. The van der Waals surface area contributed by atoms with Crippen LogP contribution in [0.25, 0.3) is 10.9 Å². The lowest BCUT2D eigenvalue weighted by Gasteiger charge is -2.34. The zero-order valence-corrected chi connectivity index (χ0v) is 17.6. The third-order valence-electron chi connectivity index (χ3n) is 4.91. The van der Waals surface area contributed by atoms with Crippen molar-refractivity contribution in [3.8, 4) is 0 Å². The average Bonchev–Trinajstić information content (AvgIpc) is 2.74. The first-order chi connectivity index (χ1) is 14.0. The van der Waals surface area contributed by atoms with E-state index in [1.807, 2.05) is 36.1 Å². The molecular weight excluding hydrogens is 410 g/mol. The molecule has 1 N–H and O–H groups in total. The largest absolute Gasteiger partial charge is 0.370 e. The van der Waals surface area contributed by atoms with Gasteiger partial charge in [-0.05, 0) is 43.3 Å². The van der Waals surface area contributed by atoms with Gasteiger partial charge in [0.2, 0.25) is 16.0 Å². The van der Waals surface area contributed by atoms with Gasteiger partial charge in [-0.1, -0.05) is 23.7 Å². The molecular formula is C20H22ClN5O2S. The van der Waals surface area contributed by atoms with E-state index in [2.05, 4.69) is 10.3 Å². The van der Waals surface area contributed by atoms with Crippen LogP contribution in [-0.4, -0.2) is 55.4 Å². The van der Waals surface area contributed by atoms with Crippen LogP contribution < -0.4 is 10.2 Å². The molecule has 1 aliphatic heterocycles. The van der Waals surface area contributed by atoms with Crippen molar-refractivity contribution in [2.24, 2.45) is 0 Å². The summed E-state index contributed by atoms with van der Waals surface area (Å²) in [7, 11) is -3.54.